The van der Waals surface area contributed by atoms with Gasteiger partial charge in [0.1, 0.15) is 0 Å². The minimum atomic E-state index is 0.104. The summed E-state index contributed by atoms with van der Waals surface area (Å²) in [6.45, 7) is 0.573. The van der Waals surface area contributed by atoms with E-state index < -0.39 is 0 Å². The smallest absolute Gasteiger partial charge is 0.0626 e. The van der Waals surface area contributed by atoms with Crippen molar-refractivity contribution in [3.63, 3.8) is 0 Å². The zero-order chi connectivity index (χ0) is 8.81. The number of nitrogens with zero attached hydrogens (tertiary/aromatic N) is 1. The highest BCUT2D eigenvalue weighted by Crippen LogP contribution is 2.08. The van der Waals surface area contributed by atoms with E-state index >= 15 is 0 Å². The molecule has 0 radical (unpaired) electrons. The quantitative estimate of drug-likeness (QED) is 0.787. The summed E-state index contributed by atoms with van der Waals surface area (Å²) in [5, 5.41) is 8.47. The molecule has 0 aliphatic rings. The van der Waals surface area contributed by atoms with Crippen molar-refractivity contribution in [3.05, 3.63) is 34.3 Å². The Hall–Kier alpha value is -0.670. The van der Waals surface area contributed by atoms with Crippen LogP contribution in [-0.2, 0) is 0 Å². The Morgan fingerprint density at radius 1 is 1.33 bits per heavy atom. The minimum Gasteiger partial charge on any atom is -0.394 e. The number of rotatable bonds is 3. The van der Waals surface area contributed by atoms with Crippen molar-refractivity contribution in [1.82, 2.24) is 0 Å². The molecule has 1 aromatic rings. The number of aliphatic imine (C=N–C) groups is 1. The van der Waals surface area contributed by atoms with Crippen LogP contribution in [0.5, 0.6) is 0 Å². The number of benzene rings is 1. The number of aliphatic hydroxyl groups is 1. The molecule has 1 N–H and O–H groups in total. The van der Waals surface area contributed by atoms with Gasteiger partial charge in [0, 0.05) is 10.7 Å². The topological polar surface area (TPSA) is 32.6 Å². The molecule has 0 saturated heterocycles. The summed E-state index contributed by atoms with van der Waals surface area (Å²) in [6.07, 6.45) is 1.75. The second-order valence-corrected chi connectivity index (χ2v) is 3.23. The van der Waals surface area contributed by atoms with Crippen molar-refractivity contribution >= 4 is 22.1 Å². The number of hydrogen-bond acceptors (Lipinski definition) is 2. The lowest BCUT2D eigenvalue weighted by atomic mass is 10.2. The van der Waals surface area contributed by atoms with Gasteiger partial charge in [-0.1, -0.05) is 28.1 Å². The summed E-state index contributed by atoms with van der Waals surface area (Å²) >= 11 is 3.34. The summed E-state index contributed by atoms with van der Waals surface area (Å²) < 4.78 is 1.06. The van der Waals surface area contributed by atoms with Crippen LogP contribution in [0.3, 0.4) is 0 Å². The zero-order valence-electron chi connectivity index (χ0n) is 6.57. The van der Waals surface area contributed by atoms with Gasteiger partial charge in [-0.05, 0) is 17.7 Å². The average molecular weight is 228 g/mol. The highest BCUT2D eigenvalue weighted by molar-refractivity contribution is 9.10. The van der Waals surface area contributed by atoms with Crippen LogP contribution in [0, 0.1) is 0 Å². The van der Waals surface area contributed by atoms with Gasteiger partial charge in [-0.15, -0.1) is 0 Å². The van der Waals surface area contributed by atoms with Gasteiger partial charge in [-0.3, -0.25) is 4.99 Å². The van der Waals surface area contributed by atoms with E-state index in [1.165, 1.54) is 0 Å². The van der Waals surface area contributed by atoms with E-state index in [9.17, 15) is 0 Å². The van der Waals surface area contributed by atoms with E-state index in [-0.39, 0.29) is 6.61 Å². The monoisotopic (exact) mass is 227 g/mol. The van der Waals surface area contributed by atoms with E-state index in [0.717, 1.165) is 10.0 Å². The van der Waals surface area contributed by atoms with Gasteiger partial charge in [-0.2, -0.15) is 0 Å². The molecule has 0 heterocycles. The molecule has 1 rings (SSSR count). The van der Waals surface area contributed by atoms with Gasteiger partial charge in [0.05, 0.1) is 13.2 Å². The van der Waals surface area contributed by atoms with Crippen LogP contribution in [-0.4, -0.2) is 24.5 Å². The van der Waals surface area contributed by atoms with Crippen LogP contribution in [0.15, 0.2) is 33.7 Å². The molecule has 0 spiro atoms. The first-order chi connectivity index (χ1) is 5.83. The molecular weight excluding hydrogens is 218 g/mol. The second-order valence-electron chi connectivity index (χ2n) is 2.31. The number of halogens is 1. The maximum absolute atomic E-state index is 8.47. The predicted octanol–water partition coefficient (Wildman–Crippen LogP) is 1.86. The van der Waals surface area contributed by atoms with E-state index in [1.54, 1.807) is 6.21 Å². The Labute approximate surface area is 80.1 Å². The van der Waals surface area contributed by atoms with E-state index in [0.29, 0.717) is 6.54 Å². The third-order valence-corrected chi connectivity index (χ3v) is 1.87. The van der Waals surface area contributed by atoms with E-state index in [2.05, 4.69) is 20.9 Å². The van der Waals surface area contributed by atoms with E-state index in [1.807, 2.05) is 24.3 Å². The molecule has 1 aromatic carbocycles. The van der Waals surface area contributed by atoms with Crippen molar-refractivity contribution in [1.29, 1.82) is 0 Å². The Kier molecular flexibility index (Phi) is 3.97. The van der Waals surface area contributed by atoms with Gasteiger partial charge in [0.25, 0.3) is 0 Å². The van der Waals surface area contributed by atoms with Gasteiger partial charge in [0.2, 0.25) is 0 Å². The molecule has 0 unspecified atom stereocenters. The van der Waals surface area contributed by atoms with Crippen molar-refractivity contribution in [2.75, 3.05) is 13.2 Å². The zero-order valence-corrected chi connectivity index (χ0v) is 8.16. The van der Waals surface area contributed by atoms with Gasteiger partial charge >= 0.3 is 0 Å². The third-order valence-electron chi connectivity index (χ3n) is 1.34. The van der Waals surface area contributed by atoms with Crippen molar-refractivity contribution in [2.24, 2.45) is 4.99 Å². The lowest BCUT2D eigenvalue weighted by Crippen LogP contribution is -1.88. The molecule has 0 amide bonds. The summed E-state index contributed by atoms with van der Waals surface area (Å²) in [6, 6.07) is 7.84. The maximum Gasteiger partial charge on any atom is 0.0626 e. The van der Waals surface area contributed by atoms with Crippen LogP contribution in [0.25, 0.3) is 0 Å². The molecule has 3 heteroatoms. The minimum absolute atomic E-state index is 0.104. The first-order valence-electron chi connectivity index (χ1n) is 3.69. The van der Waals surface area contributed by atoms with E-state index in [4.69, 9.17) is 5.11 Å². The second kappa shape index (κ2) is 5.06. The Balaban J connectivity index is 2.58. The fourth-order valence-corrected chi connectivity index (χ4v) is 1.04. The van der Waals surface area contributed by atoms with Crippen molar-refractivity contribution in [2.45, 2.75) is 0 Å². The highest BCUT2D eigenvalue weighted by atomic mass is 79.9. The molecule has 0 aliphatic carbocycles. The van der Waals surface area contributed by atoms with Crippen LogP contribution < -0.4 is 0 Å². The van der Waals surface area contributed by atoms with Crippen LogP contribution in [0.2, 0.25) is 0 Å². The third kappa shape index (κ3) is 3.15. The summed E-state index contributed by atoms with van der Waals surface area (Å²) in [4.78, 5) is 4.00. The molecular formula is C9H10BrNO. The Morgan fingerprint density at radius 3 is 2.58 bits per heavy atom. The Morgan fingerprint density at radius 2 is 2.00 bits per heavy atom. The molecule has 0 aliphatic heterocycles. The van der Waals surface area contributed by atoms with Crippen LogP contribution in [0.1, 0.15) is 5.56 Å². The lowest BCUT2D eigenvalue weighted by molar-refractivity contribution is 0.307. The molecule has 12 heavy (non-hydrogen) atoms. The lowest BCUT2D eigenvalue weighted by Gasteiger charge is -1.92. The molecule has 64 valence electrons. The van der Waals surface area contributed by atoms with Crippen LogP contribution >= 0.6 is 15.9 Å². The SMILES string of the molecule is OCC/N=C/c1ccc(Br)cc1. The fraction of sp³-hybridized carbons (Fsp3) is 0.222. The average Bonchev–Trinajstić information content (AvgIpc) is 2.09. The first-order valence-corrected chi connectivity index (χ1v) is 4.48. The standard InChI is InChI=1S/C9H10BrNO/c10-9-3-1-8(2-4-9)7-11-5-6-12/h1-4,7,12H,5-6H2/b11-7+. The van der Waals surface area contributed by atoms with Crippen LogP contribution in [0.4, 0.5) is 0 Å². The summed E-state index contributed by atoms with van der Waals surface area (Å²) in [5.41, 5.74) is 1.05. The highest BCUT2D eigenvalue weighted by Gasteiger charge is 1.86. The molecule has 0 bridgehead atoms. The summed E-state index contributed by atoms with van der Waals surface area (Å²) in [5.74, 6) is 0. The molecule has 0 fully saturated rings. The molecule has 0 aromatic heterocycles. The first kappa shape index (κ1) is 9.42. The number of aliphatic hydroxyl groups excluding tert-OH is 1. The molecule has 2 nitrogen and oxygen atoms in total. The van der Waals surface area contributed by atoms with Gasteiger partial charge < -0.3 is 5.11 Å². The van der Waals surface area contributed by atoms with Gasteiger partial charge in [0.15, 0.2) is 0 Å². The summed E-state index contributed by atoms with van der Waals surface area (Å²) in [7, 11) is 0. The molecule has 0 saturated carbocycles. The largest absolute Gasteiger partial charge is 0.394 e. The predicted molar refractivity (Wildman–Crippen MR) is 53.7 cm³/mol. The van der Waals surface area contributed by atoms with Crippen molar-refractivity contribution < 1.29 is 5.11 Å². The fourth-order valence-electron chi connectivity index (χ4n) is 0.777. The van der Waals surface area contributed by atoms with Gasteiger partial charge in [-0.25, -0.2) is 0 Å². The number of hydrogen-bond donors (Lipinski definition) is 1. The van der Waals surface area contributed by atoms with Crippen molar-refractivity contribution in [3.8, 4) is 0 Å². The normalized spacial score (nSPS) is 10.8. The Bertz CT molecular complexity index is 256. The molecule has 0 atom stereocenters. The maximum atomic E-state index is 8.47.